The summed E-state index contributed by atoms with van der Waals surface area (Å²) in [6, 6.07) is 18.5. The van der Waals surface area contributed by atoms with Crippen LogP contribution in [0.3, 0.4) is 0 Å². The van der Waals surface area contributed by atoms with Crippen molar-refractivity contribution >= 4 is 24.3 Å². The topological polar surface area (TPSA) is 77.5 Å². The van der Waals surface area contributed by atoms with Gasteiger partial charge in [-0.25, -0.2) is 5.01 Å². The van der Waals surface area contributed by atoms with Crippen LogP contribution in [0.4, 0.5) is 0 Å². The number of hydrazine groups is 1. The number of nitrogens with zero attached hydrogens (tertiary/aromatic N) is 1. The van der Waals surface area contributed by atoms with Crippen LogP contribution in [0.25, 0.3) is 0 Å². The standard InChI is InChI=1S/C18H20N4O2.ClH/c19-18(20-17(23)14-7-3-1-4-8-14)21-22-12-11-16(13-22)24-15-9-5-2-6-10-15;/h1-10,16H,11-13H2,(H3,19,20,21,23);1H. The van der Waals surface area contributed by atoms with Crippen molar-refractivity contribution in [1.82, 2.24) is 15.8 Å². The molecule has 0 aromatic heterocycles. The predicted molar refractivity (Wildman–Crippen MR) is 99.1 cm³/mol. The molecule has 7 heteroatoms. The molecule has 6 nitrogen and oxygen atoms in total. The highest BCUT2D eigenvalue weighted by Crippen LogP contribution is 2.16. The highest BCUT2D eigenvalue weighted by molar-refractivity contribution is 6.04. The van der Waals surface area contributed by atoms with E-state index < -0.39 is 0 Å². The molecular formula is C18H21ClN4O2. The Morgan fingerprint density at radius 3 is 2.40 bits per heavy atom. The third-order valence-corrected chi connectivity index (χ3v) is 3.74. The maximum atomic E-state index is 12.0. The maximum absolute atomic E-state index is 12.0. The van der Waals surface area contributed by atoms with Crippen LogP contribution in [-0.2, 0) is 0 Å². The Morgan fingerprint density at radius 2 is 1.72 bits per heavy atom. The van der Waals surface area contributed by atoms with E-state index in [2.05, 4.69) is 10.7 Å². The van der Waals surface area contributed by atoms with Gasteiger partial charge in [-0.05, 0) is 24.3 Å². The van der Waals surface area contributed by atoms with Gasteiger partial charge in [-0.3, -0.25) is 20.9 Å². The van der Waals surface area contributed by atoms with E-state index in [1.54, 1.807) is 24.3 Å². The number of para-hydroxylation sites is 1. The smallest absolute Gasteiger partial charge is 0.257 e. The largest absolute Gasteiger partial charge is 0.489 e. The first-order valence-electron chi connectivity index (χ1n) is 7.89. The summed E-state index contributed by atoms with van der Waals surface area (Å²) in [5.74, 6) is 0.505. The van der Waals surface area contributed by atoms with Gasteiger partial charge < -0.3 is 4.74 Å². The molecule has 1 aliphatic rings. The second-order valence-electron chi connectivity index (χ2n) is 5.59. The van der Waals surface area contributed by atoms with E-state index >= 15 is 0 Å². The van der Waals surface area contributed by atoms with Crippen molar-refractivity contribution < 1.29 is 9.53 Å². The molecule has 132 valence electrons. The van der Waals surface area contributed by atoms with Gasteiger partial charge in [-0.2, -0.15) is 0 Å². The lowest BCUT2D eigenvalue weighted by molar-refractivity contribution is 0.0972. The molecule has 25 heavy (non-hydrogen) atoms. The number of carbonyl (C=O) groups excluding carboxylic acids is 1. The van der Waals surface area contributed by atoms with E-state index in [-0.39, 0.29) is 30.4 Å². The SMILES string of the molecule is Cl.N=C(NC(=O)c1ccccc1)NN1CCC(Oc2ccccc2)C1. The summed E-state index contributed by atoms with van der Waals surface area (Å²) in [6.45, 7) is 1.40. The van der Waals surface area contributed by atoms with Gasteiger partial charge in [0.2, 0.25) is 5.96 Å². The molecule has 0 saturated carbocycles. The van der Waals surface area contributed by atoms with Crippen molar-refractivity contribution in [3.05, 3.63) is 66.2 Å². The minimum atomic E-state index is -0.301. The number of benzene rings is 2. The van der Waals surface area contributed by atoms with Gasteiger partial charge in [0.15, 0.2) is 0 Å². The number of amides is 1. The van der Waals surface area contributed by atoms with Crippen LogP contribution >= 0.6 is 12.4 Å². The molecule has 3 N–H and O–H groups in total. The molecule has 1 aliphatic heterocycles. The zero-order valence-electron chi connectivity index (χ0n) is 13.6. The molecule has 3 rings (SSSR count). The Kier molecular flexibility index (Phi) is 6.80. The number of nitrogens with one attached hydrogen (secondary N) is 3. The zero-order valence-corrected chi connectivity index (χ0v) is 14.5. The number of carbonyl (C=O) groups is 1. The number of rotatable bonds is 4. The van der Waals surface area contributed by atoms with Crippen LogP contribution in [0.2, 0.25) is 0 Å². The third-order valence-electron chi connectivity index (χ3n) is 3.74. The molecule has 1 fully saturated rings. The van der Waals surface area contributed by atoms with E-state index in [0.717, 1.165) is 18.7 Å². The molecule has 1 unspecified atom stereocenters. The lowest BCUT2D eigenvalue weighted by Gasteiger charge is -2.19. The van der Waals surface area contributed by atoms with Crippen molar-refractivity contribution in [1.29, 1.82) is 5.41 Å². The second-order valence-corrected chi connectivity index (χ2v) is 5.59. The van der Waals surface area contributed by atoms with Crippen LogP contribution < -0.4 is 15.5 Å². The minimum absolute atomic E-state index is 0. The van der Waals surface area contributed by atoms with Crippen molar-refractivity contribution in [2.45, 2.75) is 12.5 Å². The molecule has 2 aromatic rings. The Hall–Kier alpha value is -2.57. The molecule has 0 bridgehead atoms. The fraction of sp³-hybridized carbons (Fsp3) is 0.222. The van der Waals surface area contributed by atoms with Crippen LogP contribution in [0, 0.1) is 5.41 Å². The fourth-order valence-corrected chi connectivity index (χ4v) is 2.58. The average Bonchev–Trinajstić information content (AvgIpc) is 3.03. The molecule has 0 radical (unpaired) electrons. The Balaban J connectivity index is 0.00000225. The fourth-order valence-electron chi connectivity index (χ4n) is 2.58. The van der Waals surface area contributed by atoms with Crippen molar-refractivity contribution in [2.24, 2.45) is 0 Å². The first kappa shape index (κ1) is 18.8. The van der Waals surface area contributed by atoms with Crippen LogP contribution in [-0.4, -0.2) is 36.1 Å². The molecule has 1 amide bonds. The highest BCUT2D eigenvalue weighted by Gasteiger charge is 2.24. The molecule has 1 heterocycles. The summed E-state index contributed by atoms with van der Waals surface area (Å²) >= 11 is 0. The first-order valence-corrected chi connectivity index (χ1v) is 7.89. The van der Waals surface area contributed by atoms with Crippen molar-refractivity contribution in [3.63, 3.8) is 0 Å². The Bertz CT molecular complexity index is 697. The molecule has 2 aromatic carbocycles. The van der Waals surface area contributed by atoms with Crippen LogP contribution in [0.1, 0.15) is 16.8 Å². The predicted octanol–water partition coefficient (Wildman–Crippen LogP) is 2.43. The van der Waals surface area contributed by atoms with Crippen LogP contribution in [0.5, 0.6) is 5.75 Å². The monoisotopic (exact) mass is 360 g/mol. The third kappa shape index (κ3) is 5.48. The lowest BCUT2D eigenvalue weighted by atomic mass is 10.2. The van der Waals surface area contributed by atoms with Gasteiger partial charge in [-0.1, -0.05) is 36.4 Å². The van der Waals surface area contributed by atoms with Gasteiger partial charge in [0, 0.05) is 18.5 Å². The zero-order chi connectivity index (χ0) is 16.8. The summed E-state index contributed by atoms with van der Waals surface area (Å²) in [5, 5.41) is 12.3. The van der Waals surface area contributed by atoms with Gasteiger partial charge in [-0.15, -0.1) is 12.4 Å². The summed E-state index contributed by atoms with van der Waals surface area (Å²) in [5.41, 5.74) is 3.42. The number of ether oxygens (including phenoxy) is 1. The van der Waals surface area contributed by atoms with Gasteiger partial charge in [0.05, 0.1) is 6.54 Å². The molecule has 1 saturated heterocycles. The summed E-state index contributed by atoms with van der Waals surface area (Å²) in [4.78, 5) is 12.0. The van der Waals surface area contributed by atoms with E-state index in [0.29, 0.717) is 12.1 Å². The number of hydrogen-bond acceptors (Lipinski definition) is 4. The van der Waals surface area contributed by atoms with Gasteiger partial charge in [0.1, 0.15) is 11.9 Å². The average molecular weight is 361 g/mol. The summed E-state index contributed by atoms with van der Waals surface area (Å²) in [6.07, 6.45) is 0.930. The molecular weight excluding hydrogens is 340 g/mol. The van der Waals surface area contributed by atoms with Crippen LogP contribution in [0.15, 0.2) is 60.7 Å². The summed E-state index contributed by atoms with van der Waals surface area (Å²) in [7, 11) is 0. The number of halogens is 1. The van der Waals surface area contributed by atoms with Crippen molar-refractivity contribution in [2.75, 3.05) is 13.1 Å². The van der Waals surface area contributed by atoms with Crippen molar-refractivity contribution in [3.8, 4) is 5.75 Å². The van der Waals surface area contributed by atoms with E-state index in [1.807, 2.05) is 41.4 Å². The van der Waals surface area contributed by atoms with E-state index in [1.165, 1.54) is 0 Å². The maximum Gasteiger partial charge on any atom is 0.257 e. The molecule has 0 aliphatic carbocycles. The highest BCUT2D eigenvalue weighted by atomic mass is 35.5. The molecule has 0 spiro atoms. The van der Waals surface area contributed by atoms with Gasteiger partial charge in [0.25, 0.3) is 5.91 Å². The minimum Gasteiger partial charge on any atom is -0.489 e. The molecule has 1 atom stereocenters. The Morgan fingerprint density at radius 1 is 1.08 bits per heavy atom. The number of hydrogen-bond donors (Lipinski definition) is 3. The summed E-state index contributed by atoms with van der Waals surface area (Å²) < 4.78 is 5.90. The Labute approximate surface area is 153 Å². The van der Waals surface area contributed by atoms with Gasteiger partial charge >= 0.3 is 0 Å². The lowest BCUT2D eigenvalue weighted by Crippen LogP contribution is -2.48. The quantitative estimate of drug-likeness (QED) is 0.578. The first-order chi connectivity index (χ1) is 11.7. The van der Waals surface area contributed by atoms with E-state index in [9.17, 15) is 4.79 Å². The normalized spacial score (nSPS) is 16.6. The second kappa shape index (κ2) is 9.05. The number of guanidine groups is 1. The van der Waals surface area contributed by atoms with E-state index in [4.69, 9.17) is 10.1 Å².